The number of aromatic carboxylic acids is 1. The Kier molecular flexibility index (Phi) is 2.56. The molecule has 1 N–H and O–H groups in total. The van der Waals surface area contributed by atoms with Crippen LogP contribution in [-0.4, -0.2) is 26.1 Å². The van der Waals surface area contributed by atoms with Crippen molar-refractivity contribution < 1.29 is 14.3 Å². The summed E-state index contributed by atoms with van der Waals surface area (Å²) in [5.41, 5.74) is 2.50. The van der Waals surface area contributed by atoms with Gasteiger partial charge in [-0.2, -0.15) is 0 Å². The molecule has 0 unspecified atom stereocenters. The molecule has 2 heterocycles. The van der Waals surface area contributed by atoms with Crippen LogP contribution in [0.4, 0.5) is 0 Å². The lowest BCUT2D eigenvalue weighted by Gasteiger charge is -2.00. The van der Waals surface area contributed by atoms with Crippen LogP contribution in [0, 0.1) is 6.92 Å². The van der Waals surface area contributed by atoms with Gasteiger partial charge in [-0.1, -0.05) is 17.3 Å². The minimum absolute atomic E-state index is 0.0584. The third-order valence-electron chi connectivity index (χ3n) is 2.97. The quantitative estimate of drug-likeness (QED) is 0.776. The van der Waals surface area contributed by atoms with Crippen molar-refractivity contribution in [3.8, 4) is 0 Å². The Morgan fingerprint density at radius 3 is 2.95 bits per heavy atom. The predicted molar refractivity (Wildman–Crippen MR) is 67.0 cm³/mol. The summed E-state index contributed by atoms with van der Waals surface area (Å²) in [6.45, 7) is 2.17. The van der Waals surface area contributed by atoms with E-state index in [4.69, 9.17) is 9.52 Å². The Labute approximate surface area is 108 Å². The number of benzene rings is 1. The molecule has 0 aliphatic carbocycles. The van der Waals surface area contributed by atoms with E-state index in [1.807, 2.05) is 24.3 Å². The van der Waals surface area contributed by atoms with Crippen LogP contribution in [0.15, 0.2) is 34.7 Å². The normalized spacial score (nSPS) is 11.0. The van der Waals surface area contributed by atoms with Gasteiger partial charge in [-0.05, 0) is 25.1 Å². The average Bonchev–Trinajstić information content (AvgIpc) is 2.96. The van der Waals surface area contributed by atoms with Crippen LogP contribution in [-0.2, 0) is 6.54 Å². The van der Waals surface area contributed by atoms with Crippen LogP contribution >= 0.6 is 0 Å². The van der Waals surface area contributed by atoms with E-state index in [0.717, 1.165) is 16.6 Å². The van der Waals surface area contributed by atoms with Gasteiger partial charge in [0.2, 0.25) is 5.76 Å². The molecule has 0 amide bonds. The minimum Gasteiger partial charge on any atom is -0.475 e. The molecule has 0 fully saturated rings. The van der Waals surface area contributed by atoms with E-state index in [1.165, 1.54) is 6.07 Å². The van der Waals surface area contributed by atoms with Crippen molar-refractivity contribution in [3.05, 3.63) is 47.4 Å². The Morgan fingerprint density at radius 1 is 1.42 bits per heavy atom. The Morgan fingerprint density at radius 2 is 2.21 bits per heavy atom. The molecular weight excluding hydrogens is 246 g/mol. The van der Waals surface area contributed by atoms with Crippen molar-refractivity contribution in [2.45, 2.75) is 13.5 Å². The number of aryl methyl sites for hydroxylation is 1. The minimum atomic E-state index is -1.07. The predicted octanol–water partition coefficient (Wildman–Crippen LogP) is 2.08. The molecule has 3 aromatic rings. The standard InChI is InChI=1S/C13H11N3O3/c1-8-9(6-12(19-8)13(17)18)7-16-11-5-3-2-4-10(11)14-15-16/h2-6H,7H2,1H3,(H,17,18). The maximum absolute atomic E-state index is 10.9. The summed E-state index contributed by atoms with van der Waals surface area (Å²) in [5.74, 6) is -0.549. The molecule has 0 spiro atoms. The second kappa shape index (κ2) is 4.24. The summed E-state index contributed by atoms with van der Waals surface area (Å²) in [6, 6.07) is 9.13. The highest BCUT2D eigenvalue weighted by Crippen LogP contribution is 2.18. The van der Waals surface area contributed by atoms with Crippen LogP contribution in [0.3, 0.4) is 0 Å². The molecule has 6 heteroatoms. The van der Waals surface area contributed by atoms with Crippen molar-refractivity contribution >= 4 is 17.0 Å². The van der Waals surface area contributed by atoms with Gasteiger partial charge in [0.25, 0.3) is 0 Å². The largest absolute Gasteiger partial charge is 0.475 e. The van der Waals surface area contributed by atoms with Gasteiger partial charge in [-0.15, -0.1) is 5.10 Å². The zero-order valence-corrected chi connectivity index (χ0v) is 10.2. The van der Waals surface area contributed by atoms with E-state index in [9.17, 15) is 4.79 Å². The van der Waals surface area contributed by atoms with Crippen molar-refractivity contribution in [2.24, 2.45) is 0 Å². The van der Waals surface area contributed by atoms with E-state index >= 15 is 0 Å². The lowest BCUT2D eigenvalue weighted by Crippen LogP contribution is -2.02. The second-order valence-electron chi connectivity index (χ2n) is 4.23. The number of fused-ring (bicyclic) bond motifs is 1. The Balaban J connectivity index is 1.99. The molecule has 0 radical (unpaired) electrons. The molecule has 3 rings (SSSR count). The highest BCUT2D eigenvalue weighted by atomic mass is 16.4. The maximum atomic E-state index is 10.9. The Bertz CT molecular complexity index is 757. The lowest BCUT2D eigenvalue weighted by molar-refractivity contribution is 0.0661. The molecule has 0 bridgehead atoms. The van der Waals surface area contributed by atoms with E-state index in [2.05, 4.69) is 10.3 Å². The fourth-order valence-corrected chi connectivity index (χ4v) is 1.98. The summed E-state index contributed by atoms with van der Waals surface area (Å²) in [6.07, 6.45) is 0. The topological polar surface area (TPSA) is 81.1 Å². The number of carboxylic acid groups (broad SMARTS) is 1. The van der Waals surface area contributed by atoms with Crippen molar-refractivity contribution in [1.82, 2.24) is 15.0 Å². The first-order valence-electron chi connectivity index (χ1n) is 5.76. The van der Waals surface area contributed by atoms with Crippen molar-refractivity contribution in [3.63, 3.8) is 0 Å². The van der Waals surface area contributed by atoms with E-state index in [-0.39, 0.29) is 5.76 Å². The number of furan rings is 1. The smallest absolute Gasteiger partial charge is 0.371 e. The zero-order valence-electron chi connectivity index (χ0n) is 10.2. The molecule has 0 atom stereocenters. The van der Waals surface area contributed by atoms with Crippen LogP contribution in [0.2, 0.25) is 0 Å². The summed E-state index contributed by atoms with van der Waals surface area (Å²) < 4.78 is 6.90. The average molecular weight is 257 g/mol. The summed E-state index contributed by atoms with van der Waals surface area (Å²) >= 11 is 0. The first kappa shape index (κ1) is 11.5. The first-order chi connectivity index (χ1) is 9.15. The van der Waals surface area contributed by atoms with Gasteiger partial charge in [0.05, 0.1) is 12.1 Å². The molecule has 19 heavy (non-hydrogen) atoms. The number of aromatic nitrogens is 3. The van der Waals surface area contributed by atoms with Gasteiger partial charge in [-0.3, -0.25) is 0 Å². The van der Waals surface area contributed by atoms with E-state index < -0.39 is 5.97 Å². The summed E-state index contributed by atoms with van der Waals surface area (Å²) in [5, 5.41) is 17.0. The van der Waals surface area contributed by atoms with E-state index in [0.29, 0.717) is 12.3 Å². The molecule has 1 aromatic carbocycles. The lowest BCUT2D eigenvalue weighted by atomic mass is 10.2. The molecule has 0 saturated carbocycles. The van der Waals surface area contributed by atoms with Gasteiger partial charge in [-0.25, -0.2) is 9.48 Å². The van der Waals surface area contributed by atoms with Gasteiger partial charge in [0, 0.05) is 5.56 Å². The van der Waals surface area contributed by atoms with Crippen LogP contribution in [0.25, 0.3) is 11.0 Å². The molecular formula is C13H11N3O3. The molecule has 0 aliphatic rings. The fraction of sp³-hybridized carbons (Fsp3) is 0.154. The van der Waals surface area contributed by atoms with Gasteiger partial charge >= 0.3 is 5.97 Å². The highest BCUT2D eigenvalue weighted by Gasteiger charge is 2.14. The van der Waals surface area contributed by atoms with Crippen LogP contribution in [0.5, 0.6) is 0 Å². The number of nitrogens with zero attached hydrogens (tertiary/aromatic N) is 3. The number of para-hydroxylation sites is 1. The molecule has 0 saturated heterocycles. The monoisotopic (exact) mass is 257 g/mol. The molecule has 6 nitrogen and oxygen atoms in total. The first-order valence-corrected chi connectivity index (χ1v) is 5.76. The maximum Gasteiger partial charge on any atom is 0.371 e. The van der Waals surface area contributed by atoms with Gasteiger partial charge in [0.15, 0.2) is 0 Å². The third-order valence-corrected chi connectivity index (χ3v) is 2.97. The highest BCUT2D eigenvalue weighted by molar-refractivity contribution is 5.84. The number of rotatable bonds is 3. The molecule has 0 aliphatic heterocycles. The van der Waals surface area contributed by atoms with Gasteiger partial charge in [0.1, 0.15) is 11.3 Å². The number of carboxylic acids is 1. The summed E-state index contributed by atoms with van der Waals surface area (Å²) in [4.78, 5) is 10.9. The van der Waals surface area contributed by atoms with Crippen LogP contribution < -0.4 is 0 Å². The Hall–Kier alpha value is -2.63. The molecule has 96 valence electrons. The number of hydrogen-bond acceptors (Lipinski definition) is 4. The number of hydrogen-bond donors (Lipinski definition) is 1. The van der Waals surface area contributed by atoms with Crippen molar-refractivity contribution in [1.29, 1.82) is 0 Å². The molecule has 2 aromatic heterocycles. The summed E-state index contributed by atoms with van der Waals surface area (Å²) in [7, 11) is 0. The third kappa shape index (κ3) is 1.97. The van der Waals surface area contributed by atoms with E-state index in [1.54, 1.807) is 11.6 Å². The second-order valence-corrected chi connectivity index (χ2v) is 4.23. The SMILES string of the molecule is Cc1oc(C(=O)O)cc1Cn1nnc2ccccc21. The van der Waals surface area contributed by atoms with Crippen molar-refractivity contribution in [2.75, 3.05) is 0 Å². The zero-order chi connectivity index (χ0) is 13.4. The van der Waals surface area contributed by atoms with Crippen LogP contribution in [0.1, 0.15) is 21.9 Å². The van der Waals surface area contributed by atoms with Gasteiger partial charge < -0.3 is 9.52 Å². The number of carbonyl (C=O) groups is 1. The fourth-order valence-electron chi connectivity index (χ4n) is 1.98.